The highest BCUT2D eigenvalue weighted by Gasteiger charge is 2.30. The molecule has 0 radical (unpaired) electrons. The van der Waals surface area contributed by atoms with Gasteiger partial charge in [0.25, 0.3) is 15.9 Å². The van der Waals surface area contributed by atoms with Crippen LogP contribution in [0.4, 0.5) is 11.4 Å². The Balaban J connectivity index is 1.80. The van der Waals surface area contributed by atoms with Gasteiger partial charge in [-0.1, -0.05) is 30.8 Å². The second kappa shape index (κ2) is 6.69. The zero-order valence-corrected chi connectivity index (χ0v) is 16.0. The summed E-state index contributed by atoms with van der Waals surface area (Å²) in [7, 11) is -2.05. The van der Waals surface area contributed by atoms with Crippen LogP contribution in [0.5, 0.6) is 5.75 Å². The molecule has 1 heterocycles. The SMILES string of the molecule is C=CS(=O)(=O)Nc1ccc2c3c(cccc13)C(=O)N2Cc1cccc(OC)c1. The van der Waals surface area contributed by atoms with Crippen molar-refractivity contribution in [2.45, 2.75) is 6.54 Å². The Labute approximate surface area is 163 Å². The molecule has 0 bridgehead atoms. The third-order valence-corrected chi connectivity index (χ3v) is 5.67. The fourth-order valence-corrected chi connectivity index (χ4v) is 4.01. The van der Waals surface area contributed by atoms with Gasteiger partial charge >= 0.3 is 0 Å². The third-order valence-electron chi connectivity index (χ3n) is 4.73. The molecule has 1 amide bonds. The van der Waals surface area contributed by atoms with Crippen LogP contribution in [0.3, 0.4) is 0 Å². The van der Waals surface area contributed by atoms with Gasteiger partial charge in [-0.2, -0.15) is 0 Å². The first-order valence-corrected chi connectivity index (χ1v) is 10.1. The number of ether oxygens (including phenoxy) is 1. The molecule has 3 aromatic rings. The molecule has 0 spiro atoms. The second-order valence-electron chi connectivity index (χ2n) is 6.42. The molecule has 0 aromatic heterocycles. The number of rotatable bonds is 6. The molecule has 0 atom stereocenters. The Hall–Kier alpha value is -3.32. The Morgan fingerprint density at radius 2 is 1.93 bits per heavy atom. The smallest absolute Gasteiger partial charge is 0.259 e. The largest absolute Gasteiger partial charge is 0.497 e. The van der Waals surface area contributed by atoms with Gasteiger partial charge in [-0.25, -0.2) is 8.42 Å². The van der Waals surface area contributed by atoms with Crippen LogP contribution in [0, 0.1) is 0 Å². The van der Waals surface area contributed by atoms with Crippen LogP contribution in [-0.2, 0) is 16.6 Å². The summed E-state index contributed by atoms with van der Waals surface area (Å²) in [6.07, 6.45) is 0. The molecule has 7 heteroatoms. The van der Waals surface area contributed by atoms with Crippen LogP contribution in [0.1, 0.15) is 15.9 Å². The van der Waals surface area contributed by atoms with Crippen LogP contribution in [0.2, 0.25) is 0 Å². The van der Waals surface area contributed by atoms with Gasteiger partial charge in [0.05, 0.1) is 25.0 Å². The third kappa shape index (κ3) is 2.99. The van der Waals surface area contributed by atoms with E-state index < -0.39 is 10.0 Å². The lowest BCUT2D eigenvalue weighted by atomic mass is 10.0. The maximum atomic E-state index is 13.0. The Morgan fingerprint density at radius 1 is 1.14 bits per heavy atom. The van der Waals surface area contributed by atoms with Crippen molar-refractivity contribution >= 4 is 38.1 Å². The molecule has 0 saturated heterocycles. The standard InChI is InChI=1S/C21H18N2O4S/c1-3-28(25,26)22-18-10-11-19-20-16(18)8-5-9-17(20)21(24)23(19)13-14-6-4-7-15(12-14)27-2/h3-12,22H,1,13H2,2H3. The molecule has 1 aliphatic heterocycles. The molecule has 0 unspecified atom stereocenters. The molecule has 142 valence electrons. The number of hydrogen-bond acceptors (Lipinski definition) is 4. The van der Waals surface area contributed by atoms with Gasteiger partial charge in [0, 0.05) is 21.7 Å². The van der Waals surface area contributed by atoms with Crippen molar-refractivity contribution in [3.8, 4) is 5.75 Å². The van der Waals surface area contributed by atoms with E-state index in [1.54, 1.807) is 42.3 Å². The topological polar surface area (TPSA) is 75.7 Å². The average Bonchev–Trinajstić information content (AvgIpc) is 2.97. The summed E-state index contributed by atoms with van der Waals surface area (Å²) in [5, 5.41) is 2.26. The maximum Gasteiger partial charge on any atom is 0.259 e. The number of methoxy groups -OCH3 is 1. The van der Waals surface area contributed by atoms with Crippen LogP contribution < -0.4 is 14.4 Å². The van der Waals surface area contributed by atoms with Gasteiger partial charge in [0.1, 0.15) is 5.75 Å². The lowest BCUT2D eigenvalue weighted by Crippen LogP contribution is -2.26. The van der Waals surface area contributed by atoms with Crippen molar-refractivity contribution in [2.75, 3.05) is 16.7 Å². The van der Waals surface area contributed by atoms with Crippen molar-refractivity contribution in [3.63, 3.8) is 0 Å². The zero-order valence-electron chi connectivity index (χ0n) is 15.2. The molecular weight excluding hydrogens is 376 g/mol. The molecular formula is C21H18N2O4S. The van der Waals surface area contributed by atoms with Crippen molar-refractivity contribution in [1.29, 1.82) is 0 Å². The molecule has 0 aliphatic carbocycles. The van der Waals surface area contributed by atoms with Gasteiger partial charge < -0.3 is 9.64 Å². The van der Waals surface area contributed by atoms with Crippen LogP contribution >= 0.6 is 0 Å². The summed E-state index contributed by atoms with van der Waals surface area (Å²) in [5.74, 6) is 0.605. The summed E-state index contributed by atoms with van der Waals surface area (Å²) >= 11 is 0. The number of anilines is 2. The van der Waals surface area contributed by atoms with E-state index in [1.807, 2.05) is 24.3 Å². The fraction of sp³-hybridized carbons (Fsp3) is 0.0952. The van der Waals surface area contributed by atoms with Crippen molar-refractivity contribution < 1.29 is 17.9 Å². The first-order valence-electron chi connectivity index (χ1n) is 8.59. The minimum absolute atomic E-state index is 0.118. The summed E-state index contributed by atoms with van der Waals surface area (Å²) in [4.78, 5) is 14.7. The van der Waals surface area contributed by atoms with E-state index in [2.05, 4.69) is 11.3 Å². The van der Waals surface area contributed by atoms with Gasteiger partial charge in [0.2, 0.25) is 0 Å². The van der Waals surface area contributed by atoms with E-state index in [1.165, 1.54) is 0 Å². The number of hydrogen-bond donors (Lipinski definition) is 1. The second-order valence-corrected chi connectivity index (χ2v) is 8.04. The number of sulfonamides is 1. The average molecular weight is 394 g/mol. The monoisotopic (exact) mass is 394 g/mol. The Bertz CT molecular complexity index is 1220. The quantitative estimate of drug-likeness (QED) is 0.688. The number of nitrogens with zero attached hydrogens (tertiary/aromatic N) is 1. The summed E-state index contributed by atoms with van der Waals surface area (Å²) in [5.41, 5.74) is 2.65. The molecule has 0 fully saturated rings. The fourth-order valence-electron chi connectivity index (χ4n) is 3.44. The van der Waals surface area contributed by atoms with E-state index in [0.717, 1.165) is 27.8 Å². The summed E-state index contributed by atoms with van der Waals surface area (Å²) in [6.45, 7) is 3.70. The highest BCUT2D eigenvalue weighted by Crippen LogP contribution is 2.41. The van der Waals surface area contributed by atoms with E-state index >= 15 is 0 Å². The van der Waals surface area contributed by atoms with Gasteiger partial charge in [-0.15, -0.1) is 0 Å². The maximum absolute atomic E-state index is 13.0. The lowest BCUT2D eigenvalue weighted by molar-refractivity contribution is 0.0991. The molecule has 1 aliphatic rings. The van der Waals surface area contributed by atoms with Crippen LogP contribution in [0.15, 0.2) is 66.6 Å². The predicted octanol–water partition coefficient (Wildman–Crippen LogP) is 3.89. The van der Waals surface area contributed by atoms with Crippen LogP contribution in [-0.4, -0.2) is 21.4 Å². The highest BCUT2D eigenvalue weighted by atomic mass is 32.2. The molecule has 4 rings (SSSR count). The highest BCUT2D eigenvalue weighted by molar-refractivity contribution is 7.95. The Kier molecular flexibility index (Phi) is 4.31. The number of benzene rings is 3. The Morgan fingerprint density at radius 3 is 2.68 bits per heavy atom. The van der Waals surface area contributed by atoms with E-state index in [4.69, 9.17) is 4.74 Å². The number of carbonyl (C=O) groups is 1. The molecule has 3 aromatic carbocycles. The normalized spacial score (nSPS) is 13.0. The number of nitrogens with one attached hydrogen (secondary N) is 1. The molecule has 0 saturated carbocycles. The van der Waals surface area contributed by atoms with E-state index in [9.17, 15) is 13.2 Å². The van der Waals surface area contributed by atoms with Gasteiger partial charge in [-0.3, -0.25) is 9.52 Å². The van der Waals surface area contributed by atoms with E-state index in [-0.39, 0.29) is 5.91 Å². The van der Waals surface area contributed by atoms with E-state index in [0.29, 0.717) is 23.2 Å². The summed E-state index contributed by atoms with van der Waals surface area (Å²) < 4.78 is 31.6. The van der Waals surface area contributed by atoms with Gasteiger partial charge in [0.15, 0.2) is 0 Å². The minimum Gasteiger partial charge on any atom is -0.497 e. The van der Waals surface area contributed by atoms with Crippen molar-refractivity contribution in [3.05, 3.63) is 77.7 Å². The van der Waals surface area contributed by atoms with Crippen LogP contribution in [0.25, 0.3) is 10.8 Å². The molecule has 1 N–H and O–H groups in total. The lowest BCUT2D eigenvalue weighted by Gasteiger charge is -2.19. The first-order chi connectivity index (χ1) is 13.4. The van der Waals surface area contributed by atoms with Crippen molar-refractivity contribution in [1.82, 2.24) is 0 Å². The number of carbonyl (C=O) groups excluding carboxylic acids is 1. The van der Waals surface area contributed by atoms with Gasteiger partial charge in [-0.05, 0) is 35.9 Å². The first kappa shape index (κ1) is 18.1. The van der Waals surface area contributed by atoms with Crippen molar-refractivity contribution in [2.24, 2.45) is 0 Å². The zero-order chi connectivity index (χ0) is 19.9. The molecule has 6 nitrogen and oxygen atoms in total. The number of amides is 1. The summed E-state index contributed by atoms with van der Waals surface area (Å²) in [6, 6.07) is 16.3. The molecule has 28 heavy (non-hydrogen) atoms. The minimum atomic E-state index is -3.65. The predicted molar refractivity (Wildman–Crippen MR) is 110 cm³/mol.